The summed E-state index contributed by atoms with van der Waals surface area (Å²) >= 11 is 0. The van der Waals surface area contributed by atoms with Gasteiger partial charge in [0.05, 0.1) is 6.61 Å². The van der Waals surface area contributed by atoms with E-state index in [1.54, 1.807) is 7.11 Å². The van der Waals surface area contributed by atoms with Crippen molar-refractivity contribution in [3.63, 3.8) is 0 Å². The maximum atomic E-state index is 11.8. The third-order valence-corrected chi connectivity index (χ3v) is 4.34. The highest BCUT2D eigenvalue weighted by atomic mass is 16.5. The predicted molar refractivity (Wildman–Crippen MR) is 86.4 cm³/mol. The van der Waals surface area contributed by atoms with Crippen LogP contribution in [0.1, 0.15) is 32.6 Å². The molecule has 1 amide bonds. The van der Waals surface area contributed by atoms with Gasteiger partial charge in [0.2, 0.25) is 5.91 Å². The van der Waals surface area contributed by atoms with Gasteiger partial charge in [0.25, 0.3) is 0 Å². The molecule has 0 aromatic carbocycles. The molecule has 5 heteroatoms. The second kappa shape index (κ2) is 10.1. The first-order valence-corrected chi connectivity index (χ1v) is 8.17. The number of methoxy groups -OCH3 is 1. The van der Waals surface area contributed by atoms with Crippen molar-refractivity contribution in [2.45, 2.75) is 38.6 Å². The number of nitrogens with one attached hydrogen (secondary N) is 1. The lowest BCUT2D eigenvalue weighted by atomic mass is 9.91. The van der Waals surface area contributed by atoms with Crippen LogP contribution in [0.4, 0.5) is 0 Å². The molecule has 1 aliphatic rings. The smallest absolute Gasteiger partial charge is 0.220 e. The first-order chi connectivity index (χ1) is 10.0. The van der Waals surface area contributed by atoms with E-state index in [0.717, 1.165) is 39.2 Å². The molecule has 1 rings (SSSR count). The maximum Gasteiger partial charge on any atom is 0.220 e. The van der Waals surface area contributed by atoms with Crippen LogP contribution in [0.3, 0.4) is 0 Å². The first kappa shape index (κ1) is 18.4. The summed E-state index contributed by atoms with van der Waals surface area (Å²) in [6, 6.07) is 0.505. The third kappa shape index (κ3) is 7.79. The van der Waals surface area contributed by atoms with E-state index in [4.69, 9.17) is 4.74 Å². The largest absolute Gasteiger partial charge is 0.383 e. The average molecular weight is 299 g/mol. The van der Waals surface area contributed by atoms with E-state index < -0.39 is 0 Å². The molecule has 1 heterocycles. The molecule has 124 valence electrons. The predicted octanol–water partition coefficient (Wildman–Crippen LogP) is 1.19. The Labute approximate surface area is 130 Å². The van der Waals surface area contributed by atoms with Gasteiger partial charge in [0.1, 0.15) is 0 Å². The fraction of sp³-hybridized carbons (Fsp3) is 0.938. The van der Waals surface area contributed by atoms with Gasteiger partial charge in [-0.2, -0.15) is 0 Å². The van der Waals surface area contributed by atoms with Crippen molar-refractivity contribution in [1.82, 2.24) is 15.1 Å². The van der Waals surface area contributed by atoms with E-state index in [2.05, 4.69) is 22.0 Å². The molecule has 0 spiro atoms. The number of hydrogen-bond acceptors (Lipinski definition) is 4. The lowest BCUT2D eigenvalue weighted by Gasteiger charge is -2.35. The Kier molecular flexibility index (Phi) is 8.88. The number of rotatable bonds is 9. The Balaban J connectivity index is 2.11. The van der Waals surface area contributed by atoms with E-state index in [-0.39, 0.29) is 5.91 Å². The van der Waals surface area contributed by atoms with E-state index in [1.165, 1.54) is 12.8 Å². The van der Waals surface area contributed by atoms with E-state index in [9.17, 15) is 4.79 Å². The minimum Gasteiger partial charge on any atom is -0.383 e. The second-order valence-electron chi connectivity index (χ2n) is 6.48. The summed E-state index contributed by atoms with van der Waals surface area (Å²) in [4.78, 5) is 16.3. The zero-order valence-corrected chi connectivity index (χ0v) is 14.2. The van der Waals surface area contributed by atoms with Gasteiger partial charge in [0.15, 0.2) is 0 Å². The standard InChI is InChI=1S/C16H33N3O2/c1-14(13-21-4)19-10-7-15(8-11-19)5-6-16(20)17-9-12-18(2)3/h14-15H,5-13H2,1-4H3,(H,17,20)/t14-/m0/s1. The molecule has 1 N–H and O–H groups in total. The Morgan fingerprint density at radius 2 is 2.05 bits per heavy atom. The summed E-state index contributed by atoms with van der Waals surface area (Å²) in [5, 5.41) is 2.99. The molecule has 0 aromatic rings. The Bertz CT molecular complexity index is 289. The van der Waals surface area contributed by atoms with Crippen LogP contribution < -0.4 is 5.32 Å². The van der Waals surface area contributed by atoms with Crippen LogP contribution in [0.15, 0.2) is 0 Å². The fourth-order valence-electron chi connectivity index (χ4n) is 2.87. The Hall–Kier alpha value is -0.650. The van der Waals surface area contributed by atoms with Crippen LogP contribution in [0.25, 0.3) is 0 Å². The van der Waals surface area contributed by atoms with Crippen molar-refractivity contribution < 1.29 is 9.53 Å². The number of nitrogens with zero attached hydrogens (tertiary/aromatic N) is 2. The number of likely N-dealkylation sites (N-methyl/N-ethyl adjacent to an activating group) is 1. The number of carbonyl (C=O) groups is 1. The zero-order valence-electron chi connectivity index (χ0n) is 14.2. The zero-order chi connectivity index (χ0) is 15.7. The van der Waals surface area contributed by atoms with E-state index in [1.807, 2.05) is 14.1 Å². The first-order valence-electron chi connectivity index (χ1n) is 8.17. The molecule has 0 radical (unpaired) electrons. The van der Waals surface area contributed by atoms with Crippen LogP contribution in [0, 0.1) is 5.92 Å². The Morgan fingerprint density at radius 3 is 2.62 bits per heavy atom. The van der Waals surface area contributed by atoms with E-state index in [0.29, 0.717) is 18.4 Å². The lowest BCUT2D eigenvalue weighted by Crippen LogP contribution is -2.42. The third-order valence-electron chi connectivity index (χ3n) is 4.34. The van der Waals surface area contributed by atoms with Crippen LogP contribution in [0.5, 0.6) is 0 Å². The summed E-state index contributed by atoms with van der Waals surface area (Å²) in [7, 11) is 5.80. The van der Waals surface area contributed by atoms with Crippen LogP contribution in [0.2, 0.25) is 0 Å². The molecule has 0 unspecified atom stereocenters. The number of piperidine rings is 1. The maximum absolute atomic E-state index is 11.8. The highest BCUT2D eigenvalue weighted by Crippen LogP contribution is 2.23. The van der Waals surface area contributed by atoms with Gasteiger partial charge in [-0.25, -0.2) is 0 Å². The van der Waals surface area contributed by atoms with Gasteiger partial charge in [-0.15, -0.1) is 0 Å². The average Bonchev–Trinajstić information content (AvgIpc) is 2.45. The summed E-state index contributed by atoms with van der Waals surface area (Å²) in [6.07, 6.45) is 4.12. The minimum atomic E-state index is 0.201. The van der Waals surface area contributed by atoms with Crippen molar-refractivity contribution >= 4 is 5.91 Å². The molecule has 21 heavy (non-hydrogen) atoms. The van der Waals surface area contributed by atoms with Gasteiger partial charge in [0, 0.05) is 32.7 Å². The molecule has 0 bridgehead atoms. The van der Waals surface area contributed by atoms with Gasteiger partial charge in [-0.05, 0) is 59.3 Å². The van der Waals surface area contributed by atoms with Crippen LogP contribution >= 0.6 is 0 Å². The van der Waals surface area contributed by atoms with Gasteiger partial charge in [-0.3, -0.25) is 9.69 Å². The summed E-state index contributed by atoms with van der Waals surface area (Å²) in [5.74, 6) is 0.905. The Morgan fingerprint density at radius 1 is 1.38 bits per heavy atom. The van der Waals surface area contributed by atoms with Gasteiger partial charge in [-0.1, -0.05) is 0 Å². The fourth-order valence-corrected chi connectivity index (χ4v) is 2.87. The molecule has 1 fully saturated rings. The monoisotopic (exact) mass is 299 g/mol. The minimum absolute atomic E-state index is 0.201. The number of carbonyl (C=O) groups excluding carboxylic acids is 1. The SMILES string of the molecule is COC[C@H](C)N1CCC(CCC(=O)NCCN(C)C)CC1. The molecule has 1 aliphatic heterocycles. The van der Waals surface area contributed by atoms with Crippen molar-refractivity contribution in [1.29, 1.82) is 0 Å². The summed E-state index contributed by atoms with van der Waals surface area (Å²) in [5.41, 5.74) is 0. The molecular formula is C16H33N3O2. The molecule has 0 aliphatic carbocycles. The van der Waals surface area contributed by atoms with Gasteiger partial charge < -0.3 is 15.0 Å². The topological polar surface area (TPSA) is 44.8 Å². The summed E-state index contributed by atoms with van der Waals surface area (Å²) < 4.78 is 5.22. The molecule has 0 saturated carbocycles. The normalized spacial score (nSPS) is 18.9. The highest BCUT2D eigenvalue weighted by Gasteiger charge is 2.22. The summed E-state index contributed by atoms with van der Waals surface area (Å²) in [6.45, 7) is 6.95. The quantitative estimate of drug-likeness (QED) is 0.695. The second-order valence-corrected chi connectivity index (χ2v) is 6.48. The van der Waals surface area contributed by atoms with E-state index >= 15 is 0 Å². The number of amides is 1. The number of hydrogen-bond donors (Lipinski definition) is 1. The van der Waals surface area contributed by atoms with Crippen molar-refractivity contribution in [3.05, 3.63) is 0 Å². The van der Waals surface area contributed by atoms with Crippen molar-refractivity contribution in [3.8, 4) is 0 Å². The molecular weight excluding hydrogens is 266 g/mol. The molecule has 1 saturated heterocycles. The molecule has 0 aromatic heterocycles. The molecule has 1 atom stereocenters. The van der Waals surface area contributed by atoms with Crippen molar-refractivity contribution in [2.24, 2.45) is 5.92 Å². The molecule has 5 nitrogen and oxygen atoms in total. The lowest BCUT2D eigenvalue weighted by molar-refractivity contribution is -0.121. The number of ether oxygens (including phenoxy) is 1. The van der Waals surface area contributed by atoms with Gasteiger partial charge >= 0.3 is 0 Å². The van der Waals surface area contributed by atoms with Crippen molar-refractivity contribution in [2.75, 3.05) is 54.0 Å². The number of likely N-dealkylation sites (tertiary alicyclic amines) is 1. The highest BCUT2D eigenvalue weighted by molar-refractivity contribution is 5.75. The van der Waals surface area contributed by atoms with Crippen LogP contribution in [-0.4, -0.2) is 75.7 Å². The van der Waals surface area contributed by atoms with Crippen LogP contribution in [-0.2, 0) is 9.53 Å².